The van der Waals surface area contributed by atoms with Gasteiger partial charge in [0.2, 0.25) is 65.0 Å². The third kappa shape index (κ3) is 23.2. The number of hydrogen-bond donors (Lipinski definition) is 5. The molecule has 1 saturated heterocycles. The lowest BCUT2D eigenvalue weighted by molar-refractivity contribution is -0.157. The Balaban J connectivity index is 4.40. The quantitative estimate of drug-likeness (QED) is 0.115. The third-order valence-electron chi connectivity index (χ3n) is 16.9. The molecule has 1 heterocycles. The van der Waals surface area contributed by atoms with Crippen molar-refractivity contribution >= 4 is 65.0 Å². The van der Waals surface area contributed by atoms with Crippen molar-refractivity contribution in [2.24, 2.45) is 35.5 Å². The number of carbonyl (C=O) groups is 11. The van der Waals surface area contributed by atoms with Crippen molar-refractivity contribution in [3.63, 3.8) is 0 Å². The molecule has 1 rings (SSSR count). The number of likely N-dealkylation sites (N-methyl/N-ethyl adjacent to an activating group) is 7. The molecular weight excluding hydrogens is 1140 g/mol. The summed E-state index contributed by atoms with van der Waals surface area (Å²) in [6.45, 7) is 33.0. The number of nitrogens with one attached hydrogen (secondary N) is 4. The molecule has 89 heavy (non-hydrogen) atoms. The first kappa shape index (κ1) is 80.8. The van der Waals surface area contributed by atoms with Crippen LogP contribution in [0, 0.1) is 35.5 Å². The molecule has 1 aliphatic heterocycles. The zero-order chi connectivity index (χ0) is 69.0. The number of carbonyl (C=O) groups excluding carboxylic acids is 11. The van der Waals surface area contributed by atoms with Crippen LogP contribution in [-0.4, -0.2) is 239 Å². The van der Waals surface area contributed by atoms with Crippen LogP contribution in [0.1, 0.15) is 169 Å². The smallest absolute Gasteiger partial charge is 0.246 e. The number of aliphatic hydroxyl groups excluding tert-OH is 1. The molecular formula is C65H117N11O13. The average Bonchev–Trinajstić information content (AvgIpc) is 2.35. The van der Waals surface area contributed by atoms with Gasteiger partial charge in [0.05, 0.1) is 24.9 Å². The third-order valence-corrected chi connectivity index (χ3v) is 16.9. The van der Waals surface area contributed by atoms with Gasteiger partial charge in [0.25, 0.3) is 0 Å². The Bertz CT molecular complexity index is 2420. The van der Waals surface area contributed by atoms with Gasteiger partial charge in [-0.15, -0.1) is 6.58 Å². The topological polar surface area (TPSA) is 288 Å². The van der Waals surface area contributed by atoms with Crippen molar-refractivity contribution in [3.8, 4) is 0 Å². The highest BCUT2D eigenvalue weighted by atomic mass is 16.5. The monoisotopic (exact) mass is 1260 g/mol. The highest BCUT2D eigenvalue weighted by molar-refractivity contribution is 5.99. The van der Waals surface area contributed by atoms with Gasteiger partial charge in [-0.05, 0) is 95.3 Å². The summed E-state index contributed by atoms with van der Waals surface area (Å²) in [5, 5.41) is 23.2. The maximum atomic E-state index is 15.2. The molecule has 0 aromatic heterocycles. The van der Waals surface area contributed by atoms with Crippen LogP contribution in [0.4, 0.5) is 0 Å². The first-order chi connectivity index (χ1) is 41.1. The van der Waals surface area contributed by atoms with Gasteiger partial charge in [0, 0.05) is 55.8 Å². The predicted molar refractivity (Wildman–Crippen MR) is 344 cm³/mol. The second-order valence-corrected chi connectivity index (χ2v) is 27.4. The fourth-order valence-electron chi connectivity index (χ4n) is 11.2. The molecule has 0 unspecified atom stereocenters. The molecule has 0 aliphatic carbocycles. The minimum Gasteiger partial charge on any atom is -0.390 e. The Morgan fingerprint density at radius 3 is 1.47 bits per heavy atom. The maximum Gasteiger partial charge on any atom is 0.246 e. The summed E-state index contributed by atoms with van der Waals surface area (Å²) in [6.07, 6.45) is 2.34. The Labute approximate surface area is 533 Å². The van der Waals surface area contributed by atoms with E-state index in [9.17, 15) is 48.3 Å². The van der Waals surface area contributed by atoms with Gasteiger partial charge in [0.15, 0.2) is 0 Å². The van der Waals surface area contributed by atoms with Crippen LogP contribution in [0.2, 0.25) is 0 Å². The molecule has 24 nitrogen and oxygen atoms in total. The molecule has 0 aromatic rings. The van der Waals surface area contributed by atoms with Crippen molar-refractivity contribution in [2.45, 2.75) is 241 Å². The number of ether oxygens (including phenoxy) is 1. The summed E-state index contributed by atoms with van der Waals surface area (Å²) in [7, 11) is 9.87. The summed E-state index contributed by atoms with van der Waals surface area (Å²) >= 11 is 0. The average molecular weight is 1260 g/mol. The van der Waals surface area contributed by atoms with Gasteiger partial charge in [0.1, 0.15) is 60.4 Å². The van der Waals surface area contributed by atoms with Crippen LogP contribution in [0.3, 0.4) is 0 Å². The lowest BCUT2D eigenvalue weighted by Gasteiger charge is -2.41. The van der Waals surface area contributed by atoms with Crippen LogP contribution in [0.5, 0.6) is 0 Å². The zero-order valence-electron chi connectivity index (χ0n) is 58.6. The van der Waals surface area contributed by atoms with Gasteiger partial charge in [-0.2, -0.15) is 0 Å². The largest absolute Gasteiger partial charge is 0.390 e. The van der Waals surface area contributed by atoms with E-state index >= 15 is 9.59 Å². The fourth-order valence-corrected chi connectivity index (χ4v) is 11.2. The van der Waals surface area contributed by atoms with E-state index in [2.05, 4.69) is 27.8 Å². The summed E-state index contributed by atoms with van der Waals surface area (Å²) in [6, 6.07) is -12.7. The number of aliphatic hydroxyl groups is 1. The highest BCUT2D eigenvalue weighted by Crippen LogP contribution is 2.27. The highest BCUT2D eigenvalue weighted by Gasteiger charge is 2.46. The molecule has 0 spiro atoms. The van der Waals surface area contributed by atoms with Gasteiger partial charge in [-0.1, -0.05) is 109 Å². The zero-order valence-corrected chi connectivity index (χ0v) is 58.6. The van der Waals surface area contributed by atoms with Crippen molar-refractivity contribution in [1.82, 2.24) is 55.6 Å². The van der Waals surface area contributed by atoms with E-state index in [0.29, 0.717) is 12.8 Å². The first-order valence-corrected chi connectivity index (χ1v) is 32.0. The van der Waals surface area contributed by atoms with Crippen molar-refractivity contribution in [1.29, 1.82) is 0 Å². The Morgan fingerprint density at radius 1 is 0.539 bits per heavy atom. The molecule has 0 aromatic carbocycles. The lowest BCUT2D eigenvalue weighted by Crippen LogP contribution is -2.63. The van der Waals surface area contributed by atoms with Gasteiger partial charge in [-0.3, -0.25) is 52.7 Å². The predicted octanol–water partition coefficient (Wildman–Crippen LogP) is 3.82. The van der Waals surface area contributed by atoms with Crippen LogP contribution in [0.15, 0.2) is 12.7 Å². The van der Waals surface area contributed by atoms with E-state index in [0.717, 1.165) is 21.1 Å². The van der Waals surface area contributed by atoms with Crippen molar-refractivity contribution in [3.05, 3.63) is 12.7 Å². The molecule has 1 fully saturated rings. The summed E-state index contributed by atoms with van der Waals surface area (Å²) in [5.74, 6) is -9.82. The number of amides is 11. The maximum absolute atomic E-state index is 15.2. The molecule has 0 saturated carbocycles. The van der Waals surface area contributed by atoms with Gasteiger partial charge < -0.3 is 65.4 Å². The lowest BCUT2D eigenvalue weighted by atomic mass is 9.90. The number of hydrogen-bond acceptors (Lipinski definition) is 13. The summed E-state index contributed by atoms with van der Waals surface area (Å²) in [5.41, 5.74) is -1.07. The molecule has 5 N–H and O–H groups in total. The minimum absolute atomic E-state index is 0.00774. The molecule has 510 valence electrons. The Kier molecular flexibility index (Phi) is 33.3. The standard InChI is InChI=1S/C65H117N11O13/c1-26-29-30-42(14)54(78)53-58(82)68-45(28-3)60(84)70(19)36-50(77)71(20)49(35-65(17,18)89-31-27-2)57(81)69-51(40(10)11)63(87)72(21)46(32-37(4)5)56(80)66-43(15)55(79)67-44(16)59(83)73(22)47(33-38(6)7)61(85)74(23)48(34-39(8)9)62(86)75(24)52(41(12)13)64(88)76(53)25/h27,37-49,51-54,78H,2,26,28-36H2,1,3-25H3,(H,66,80)(H,67,79)(H,68,82)(H,69,81)/t42-,43+,44-,45+,46+,47+,48+,49+,51+,52+,53+,54-/m1/s1. The number of rotatable bonds is 19. The van der Waals surface area contributed by atoms with Gasteiger partial charge >= 0.3 is 0 Å². The Morgan fingerprint density at radius 2 is 1.00 bits per heavy atom. The van der Waals surface area contributed by atoms with E-state index in [1.54, 1.807) is 55.4 Å². The van der Waals surface area contributed by atoms with E-state index in [-0.39, 0.29) is 56.5 Å². The Hall–Kier alpha value is -6.17. The van der Waals surface area contributed by atoms with E-state index in [4.69, 9.17) is 4.74 Å². The molecule has 0 bridgehead atoms. The fraction of sp³-hybridized carbons (Fsp3) is 0.800. The molecule has 0 radical (unpaired) electrons. The van der Waals surface area contributed by atoms with Crippen LogP contribution < -0.4 is 21.3 Å². The molecule has 24 heteroatoms. The molecule has 1 aliphatic rings. The van der Waals surface area contributed by atoms with E-state index < -0.39 is 161 Å². The van der Waals surface area contributed by atoms with Crippen LogP contribution in [0.25, 0.3) is 0 Å². The van der Waals surface area contributed by atoms with Crippen molar-refractivity contribution in [2.75, 3.05) is 62.5 Å². The van der Waals surface area contributed by atoms with E-state index in [1.165, 1.54) is 88.9 Å². The molecule has 12 atom stereocenters. The minimum atomic E-state index is -1.60. The number of unbranched alkanes of at least 4 members (excludes halogenated alkanes) is 1. The molecule has 11 amide bonds. The van der Waals surface area contributed by atoms with E-state index in [1.807, 2.05) is 48.5 Å². The number of nitrogens with zero attached hydrogens (tertiary/aromatic N) is 7. The first-order valence-electron chi connectivity index (χ1n) is 32.0. The summed E-state index contributed by atoms with van der Waals surface area (Å²) in [4.78, 5) is 170. The van der Waals surface area contributed by atoms with Gasteiger partial charge in [-0.25, -0.2) is 0 Å². The van der Waals surface area contributed by atoms with Crippen molar-refractivity contribution < 1.29 is 62.6 Å². The summed E-state index contributed by atoms with van der Waals surface area (Å²) < 4.78 is 6.04. The SMILES string of the molecule is C=CCOC(C)(C)C[C@H]1C(=O)N[C@@H](C(C)C)C(=O)N(C)[C@@H](CC(C)C)C(=O)N[C@@H](C)C(=O)N[C@H](C)C(=O)N(C)[C@@H](CC(C)C)C(=O)N(C)[C@@H](CC(C)C)C(=O)N(C)[C@@H](C(C)C)C(=O)N(C)[C@@H]([C@H](O)[C@H](C)CCCC)C(=O)N[C@@H](CC)C(=O)N(C)CC(=O)N1C. The second kappa shape index (κ2) is 36.6. The normalized spacial score (nSPS) is 26.2. The van der Waals surface area contributed by atoms with Crippen LogP contribution >= 0.6 is 0 Å². The second-order valence-electron chi connectivity index (χ2n) is 27.4. The van der Waals surface area contributed by atoms with Crippen LogP contribution in [-0.2, 0) is 57.5 Å².